The average Bonchev–Trinajstić information content (AvgIpc) is 2.13. The molecule has 0 radical (unpaired) electrons. The Balaban J connectivity index is 2.13. The summed E-state index contributed by atoms with van der Waals surface area (Å²) in [5.41, 5.74) is 5.74. The summed E-state index contributed by atoms with van der Waals surface area (Å²) >= 11 is 0. The number of aliphatic hydroxyl groups is 1. The lowest BCUT2D eigenvalue weighted by Gasteiger charge is -2.37. The summed E-state index contributed by atoms with van der Waals surface area (Å²) in [7, 11) is 0. The van der Waals surface area contributed by atoms with Gasteiger partial charge in [0.2, 0.25) is 5.91 Å². The zero-order chi connectivity index (χ0) is 11.3. The van der Waals surface area contributed by atoms with Gasteiger partial charge in [0.25, 0.3) is 0 Å². The molecule has 1 saturated carbocycles. The maximum Gasteiger partial charge on any atom is 0.221 e. The van der Waals surface area contributed by atoms with E-state index in [4.69, 9.17) is 10.8 Å². The van der Waals surface area contributed by atoms with Gasteiger partial charge in [-0.3, -0.25) is 4.79 Å². The van der Waals surface area contributed by atoms with Crippen molar-refractivity contribution < 1.29 is 9.90 Å². The second-order valence-corrected chi connectivity index (χ2v) is 4.81. The number of hydrogen-bond donors (Lipinski definition) is 3. The van der Waals surface area contributed by atoms with Crippen LogP contribution in [0.4, 0.5) is 0 Å². The van der Waals surface area contributed by atoms with E-state index < -0.39 is 0 Å². The summed E-state index contributed by atoms with van der Waals surface area (Å²) in [6.07, 6.45) is 4.25. The van der Waals surface area contributed by atoms with Gasteiger partial charge in [-0.2, -0.15) is 0 Å². The zero-order valence-electron chi connectivity index (χ0n) is 9.46. The largest absolute Gasteiger partial charge is 0.396 e. The lowest BCUT2D eigenvalue weighted by Crippen LogP contribution is -2.50. The lowest BCUT2D eigenvalue weighted by atomic mass is 9.75. The first-order chi connectivity index (χ1) is 7.06. The summed E-state index contributed by atoms with van der Waals surface area (Å²) in [5.74, 6) is 0.371. The van der Waals surface area contributed by atoms with E-state index in [2.05, 4.69) is 5.32 Å². The highest BCUT2D eigenvalue weighted by Gasteiger charge is 2.34. The number of nitrogens with two attached hydrogens (primary N) is 1. The van der Waals surface area contributed by atoms with Crippen LogP contribution in [0.1, 0.15) is 39.0 Å². The number of rotatable bonds is 6. The molecule has 0 bridgehead atoms. The number of amides is 1. The zero-order valence-corrected chi connectivity index (χ0v) is 9.46. The minimum Gasteiger partial charge on any atom is -0.396 e. The van der Waals surface area contributed by atoms with Gasteiger partial charge in [-0.25, -0.2) is 0 Å². The van der Waals surface area contributed by atoms with E-state index >= 15 is 0 Å². The Bertz CT molecular complexity index is 215. The third-order valence-corrected chi connectivity index (χ3v) is 3.13. The van der Waals surface area contributed by atoms with Crippen molar-refractivity contribution in [2.75, 3.05) is 13.2 Å². The summed E-state index contributed by atoms with van der Waals surface area (Å²) in [4.78, 5) is 11.5. The maximum atomic E-state index is 11.5. The third-order valence-electron chi connectivity index (χ3n) is 3.13. The summed E-state index contributed by atoms with van der Waals surface area (Å²) in [5, 5.41) is 11.6. The van der Waals surface area contributed by atoms with Crippen LogP contribution in [0, 0.1) is 5.92 Å². The highest BCUT2D eigenvalue weighted by Crippen LogP contribution is 2.31. The number of nitrogens with one attached hydrogen (secondary N) is 1. The molecule has 1 rings (SSSR count). The Morgan fingerprint density at radius 3 is 2.73 bits per heavy atom. The van der Waals surface area contributed by atoms with Crippen LogP contribution in [-0.4, -0.2) is 29.7 Å². The predicted octanol–water partition coefficient (Wildman–Crippen LogP) is 0.393. The van der Waals surface area contributed by atoms with Crippen molar-refractivity contribution in [1.29, 1.82) is 0 Å². The second kappa shape index (κ2) is 5.47. The standard InChI is InChI=1S/C11H22N2O2/c1-9(3-6-14)8-13-10(15)7-11(12)4-2-5-11/h9,14H,2-8,12H2,1H3,(H,13,15). The molecular formula is C11H22N2O2. The number of carbonyl (C=O) groups is 1. The molecule has 1 unspecified atom stereocenters. The highest BCUT2D eigenvalue weighted by atomic mass is 16.3. The quantitative estimate of drug-likeness (QED) is 0.599. The van der Waals surface area contributed by atoms with Gasteiger partial charge >= 0.3 is 0 Å². The van der Waals surface area contributed by atoms with Gasteiger partial charge in [-0.1, -0.05) is 6.92 Å². The molecule has 1 atom stereocenters. The van der Waals surface area contributed by atoms with Crippen molar-refractivity contribution in [2.24, 2.45) is 11.7 Å². The molecule has 1 fully saturated rings. The van der Waals surface area contributed by atoms with Crippen molar-refractivity contribution in [3.05, 3.63) is 0 Å². The summed E-state index contributed by atoms with van der Waals surface area (Å²) in [6, 6.07) is 0. The Morgan fingerprint density at radius 1 is 1.60 bits per heavy atom. The van der Waals surface area contributed by atoms with E-state index in [-0.39, 0.29) is 18.1 Å². The van der Waals surface area contributed by atoms with Gasteiger partial charge < -0.3 is 16.2 Å². The molecular weight excluding hydrogens is 192 g/mol. The van der Waals surface area contributed by atoms with Crippen LogP contribution in [0.5, 0.6) is 0 Å². The minimum atomic E-state index is -0.232. The van der Waals surface area contributed by atoms with Crippen molar-refractivity contribution in [3.63, 3.8) is 0 Å². The molecule has 0 heterocycles. The number of aliphatic hydroxyl groups excluding tert-OH is 1. The fraction of sp³-hybridized carbons (Fsp3) is 0.909. The van der Waals surface area contributed by atoms with Crippen molar-refractivity contribution in [2.45, 2.75) is 44.6 Å². The lowest BCUT2D eigenvalue weighted by molar-refractivity contribution is -0.123. The van der Waals surface area contributed by atoms with E-state index in [9.17, 15) is 4.79 Å². The van der Waals surface area contributed by atoms with Gasteiger partial charge in [0.1, 0.15) is 0 Å². The van der Waals surface area contributed by atoms with Crippen LogP contribution < -0.4 is 11.1 Å². The van der Waals surface area contributed by atoms with E-state index in [1.807, 2.05) is 6.92 Å². The SMILES string of the molecule is CC(CCO)CNC(=O)CC1(N)CCC1. The normalized spacial score (nSPS) is 20.5. The number of carbonyl (C=O) groups excluding carboxylic acids is 1. The van der Waals surface area contributed by atoms with Crippen molar-refractivity contribution >= 4 is 5.91 Å². The first kappa shape index (κ1) is 12.5. The molecule has 88 valence electrons. The molecule has 4 N–H and O–H groups in total. The number of hydrogen-bond acceptors (Lipinski definition) is 3. The molecule has 0 aromatic heterocycles. The van der Waals surface area contributed by atoms with Gasteiger partial charge in [-0.15, -0.1) is 0 Å². The molecule has 0 saturated heterocycles. The molecule has 0 aliphatic heterocycles. The van der Waals surface area contributed by atoms with Gasteiger partial charge in [-0.05, 0) is 31.6 Å². The molecule has 15 heavy (non-hydrogen) atoms. The fourth-order valence-corrected chi connectivity index (χ4v) is 1.80. The second-order valence-electron chi connectivity index (χ2n) is 4.81. The van der Waals surface area contributed by atoms with Crippen molar-refractivity contribution in [3.8, 4) is 0 Å². The van der Waals surface area contributed by atoms with Crippen molar-refractivity contribution in [1.82, 2.24) is 5.32 Å². The van der Waals surface area contributed by atoms with Gasteiger partial charge in [0, 0.05) is 25.1 Å². The fourth-order valence-electron chi connectivity index (χ4n) is 1.80. The van der Waals surface area contributed by atoms with Crippen LogP contribution in [0.25, 0.3) is 0 Å². The summed E-state index contributed by atoms with van der Waals surface area (Å²) < 4.78 is 0. The monoisotopic (exact) mass is 214 g/mol. The van der Waals surface area contributed by atoms with E-state index in [1.165, 1.54) is 0 Å². The molecule has 1 aliphatic rings. The van der Waals surface area contributed by atoms with E-state index in [0.717, 1.165) is 25.7 Å². The molecule has 0 spiro atoms. The van der Waals surface area contributed by atoms with Crippen LogP contribution in [-0.2, 0) is 4.79 Å². The maximum absolute atomic E-state index is 11.5. The molecule has 1 amide bonds. The topological polar surface area (TPSA) is 75.3 Å². The summed E-state index contributed by atoms with van der Waals surface area (Å²) in [6.45, 7) is 2.82. The Labute approximate surface area is 91.2 Å². The Morgan fingerprint density at radius 2 is 2.27 bits per heavy atom. The molecule has 0 aromatic carbocycles. The highest BCUT2D eigenvalue weighted by molar-refractivity contribution is 5.77. The predicted molar refractivity (Wildman–Crippen MR) is 59.3 cm³/mol. The first-order valence-electron chi connectivity index (χ1n) is 5.72. The first-order valence-corrected chi connectivity index (χ1v) is 5.72. The molecule has 4 nitrogen and oxygen atoms in total. The Kier molecular flexibility index (Phi) is 4.54. The van der Waals surface area contributed by atoms with Crippen LogP contribution >= 0.6 is 0 Å². The van der Waals surface area contributed by atoms with Crippen LogP contribution in [0.3, 0.4) is 0 Å². The minimum absolute atomic E-state index is 0.0435. The van der Waals surface area contributed by atoms with Gasteiger partial charge in [0.15, 0.2) is 0 Å². The molecule has 4 heteroatoms. The Hall–Kier alpha value is -0.610. The smallest absolute Gasteiger partial charge is 0.221 e. The van der Waals surface area contributed by atoms with Gasteiger partial charge in [0.05, 0.1) is 0 Å². The van der Waals surface area contributed by atoms with Crippen LogP contribution in [0.2, 0.25) is 0 Å². The molecule has 0 aromatic rings. The molecule has 1 aliphatic carbocycles. The average molecular weight is 214 g/mol. The van der Waals surface area contributed by atoms with E-state index in [1.54, 1.807) is 0 Å². The van der Waals surface area contributed by atoms with Crippen LogP contribution in [0.15, 0.2) is 0 Å². The van der Waals surface area contributed by atoms with E-state index in [0.29, 0.717) is 18.9 Å². The third kappa shape index (κ3) is 4.18.